The summed E-state index contributed by atoms with van der Waals surface area (Å²) < 4.78 is 33.8. The molecule has 0 bridgehead atoms. The van der Waals surface area contributed by atoms with Crippen LogP contribution in [0, 0.1) is 0 Å². The predicted molar refractivity (Wildman–Crippen MR) is 73.2 cm³/mol. The number of carbonyl (C=O) groups excluding carboxylic acids is 1. The number of hydrogen-bond donors (Lipinski definition) is 2. The van der Waals surface area contributed by atoms with Crippen molar-refractivity contribution < 1.29 is 23.4 Å². The Hall–Kier alpha value is -0.790. The molecule has 2 rings (SSSR count). The number of likely N-dealkylation sites (N-methyl/N-ethyl adjacent to an activating group) is 1. The minimum Gasteiger partial charge on any atom is -0.383 e. The molecule has 0 radical (unpaired) electrons. The number of amides is 1. The van der Waals surface area contributed by atoms with Gasteiger partial charge in [-0.25, -0.2) is 0 Å². The zero-order valence-corrected chi connectivity index (χ0v) is 12.4. The minimum absolute atomic E-state index is 0.0317. The topological polar surface area (TPSA) is 61.8 Å². The Balaban J connectivity index is 1.89. The second-order valence-electron chi connectivity index (χ2n) is 6.13. The molecule has 1 aliphatic heterocycles. The Labute approximate surface area is 123 Å². The van der Waals surface area contributed by atoms with Gasteiger partial charge in [-0.3, -0.25) is 4.79 Å². The Morgan fingerprint density at radius 3 is 2.71 bits per heavy atom. The van der Waals surface area contributed by atoms with Crippen molar-refractivity contribution in [3.63, 3.8) is 0 Å². The molecule has 1 amide bonds. The molecule has 0 aromatic rings. The summed E-state index contributed by atoms with van der Waals surface area (Å²) in [5.74, 6) is -5.16. The van der Waals surface area contributed by atoms with Gasteiger partial charge in [0.25, 0.3) is 5.91 Å². The first-order valence-corrected chi connectivity index (χ1v) is 7.54. The summed E-state index contributed by atoms with van der Waals surface area (Å²) in [4.78, 5) is 13.8. The van der Waals surface area contributed by atoms with Gasteiger partial charge >= 0.3 is 5.92 Å². The molecule has 1 unspecified atom stereocenters. The van der Waals surface area contributed by atoms with E-state index in [1.807, 2.05) is 11.9 Å². The fourth-order valence-corrected chi connectivity index (χ4v) is 2.97. The van der Waals surface area contributed by atoms with Crippen LogP contribution in [0.15, 0.2) is 0 Å². The van der Waals surface area contributed by atoms with Gasteiger partial charge in [0, 0.05) is 19.6 Å². The highest BCUT2D eigenvalue weighted by molar-refractivity contribution is 5.84. The largest absolute Gasteiger partial charge is 0.383 e. The van der Waals surface area contributed by atoms with E-state index in [4.69, 9.17) is 4.74 Å². The first-order valence-electron chi connectivity index (χ1n) is 7.54. The highest BCUT2D eigenvalue weighted by Crippen LogP contribution is 2.40. The molecule has 0 aromatic carbocycles. The van der Waals surface area contributed by atoms with Crippen molar-refractivity contribution in [3.05, 3.63) is 0 Å². The molecule has 21 heavy (non-hydrogen) atoms. The SMILES string of the molecule is CN1CCOC(CNC(=O)C(F)(F)C2(O)CCCCC2)C1. The van der Waals surface area contributed by atoms with Gasteiger partial charge in [0.2, 0.25) is 0 Å². The van der Waals surface area contributed by atoms with E-state index in [2.05, 4.69) is 5.32 Å². The van der Waals surface area contributed by atoms with E-state index in [9.17, 15) is 18.7 Å². The molecule has 2 N–H and O–H groups in total. The zero-order valence-electron chi connectivity index (χ0n) is 12.4. The molecule has 2 aliphatic rings. The van der Waals surface area contributed by atoms with Crippen molar-refractivity contribution in [3.8, 4) is 0 Å². The summed E-state index contributed by atoms with van der Waals surface area (Å²) >= 11 is 0. The van der Waals surface area contributed by atoms with Gasteiger partial charge in [0.1, 0.15) is 5.60 Å². The minimum atomic E-state index is -3.76. The summed E-state index contributed by atoms with van der Waals surface area (Å²) in [7, 11) is 1.91. The lowest BCUT2D eigenvalue weighted by Crippen LogP contribution is -2.59. The Bertz CT molecular complexity index is 373. The third-order valence-electron chi connectivity index (χ3n) is 4.38. The van der Waals surface area contributed by atoms with Gasteiger partial charge in [-0.05, 0) is 19.9 Å². The summed E-state index contributed by atoms with van der Waals surface area (Å²) in [5, 5.41) is 12.3. The number of aliphatic hydroxyl groups is 1. The molecule has 1 aliphatic carbocycles. The van der Waals surface area contributed by atoms with Gasteiger partial charge < -0.3 is 20.1 Å². The molecule has 5 nitrogen and oxygen atoms in total. The quantitative estimate of drug-likeness (QED) is 0.805. The summed E-state index contributed by atoms with van der Waals surface area (Å²) in [5.41, 5.74) is -2.21. The van der Waals surface area contributed by atoms with E-state index in [0.29, 0.717) is 26.0 Å². The van der Waals surface area contributed by atoms with Gasteiger partial charge in [0.05, 0.1) is 12.7 Å². The molecule has 0 spiro atoms. The van der Waals surface area contributed by atoms with Crippen molar-refractivity contribution in [1.82, 2.24) is 10.2 Å². The number of nitrogens with zero attached hydrogens (tertiary/aromatic N) is 1. The van der Waals surface area contributed by atoms with E-state index in [-0.39, 0.29) is 25.5 Å². The number of morpholine rings is 1. The number of nitrogens with one attached hydrogen (secondary N) is 1. The molecule has 122 valence electrons. The highest BCUT2D eigenvalue weighted by Gasteiger charge is 2.58. The zero-order chi connectivity index (χ0) is 15.5. The maximum absolute atomic E-state index is 14.2. The number of rotatable bonds is 4. The van der Waals surface area contributed by atoms with E-state index < -0.39 is 17.4 Å². The summed E-state index contributed by atoms with van der Waals surface area (Å²) in [6.07, 6.45) is 1.52. The third kappa shape index (κ3) is 3.70. The van der Waals surface area contributed by atoms with Crippen LogP contribution in [0.25, 0.3) is 0 Å². The second kappa shape index (κ2) is 6.54. The molecular weight excluding hydrogens is 282 g/mol. The van der Waals surface area contributed by atoms with E-state index >= 15 is 0 Å². The van der Waals surface area contributed by atoms with Crippen LogP contribution in [-0.4, -0.2) is 66.8 Å². The van der Waals surface area contributed by atoms with Crippen molar-refractivity contribution in [1.29, 1.82) is 0 Å². The van der Waals surface area contributed by atoms with Crippen LogP contribution in [0.1, 0.15) is 32.1 Å². The Kier molecular flexibility index (Phi) is 5.16. The first kappa shape index (κ1) is 16.6. The molecule has 1 heterocycles. The van der Waals surface area contributed by atoms with Crippen LogP contribution in [-0.2, 0) is 9.53 Å². The number of alkyl halides is 2. The monoisotopic (exact) mass is 306 g/mol. The normalized spacial score (nSPS) is 27.3. The van der Waals surface area contributed by atoms with Crippen LogP contribution < -0.4 is 5.32 Å². The van der Waals surface area contributed by atoms with Crippen LogP contribution in [0.4, 0.5) is 8.78 Å². The number of carbonyl (C=O) groups is 1. The fraction of sp³-hybridized carbons (Fsp3) is 0.929. The maximum atomic E-state index is 14.2. The maximum Gasteiger partial charge on any atom is 0.352 e. The number of halogens is 2. The van der Waals surface area contributed by atoms with Crippen molar-refractivity contribution in [2.45, 2.75) is 49.7 Å². The second-order valence-corrected chi connectivity index (χ2v) is 6.13. The first-order chi connectivity index (χ1) is 9.85. The number of hydrogen-bond acceptors (Lipinski definition) is 4. The molecule has 1 saturated carbocycles. The van der Waals surface area contributed by atoms with Crippen molar-refractivity contribution >= 4 is 5.91 Å². The highest BCUT2D eigenvalue weighted by atomic mass is 19.3. The van der Waals surface area contributed by atoms with Gasteiger partial charge in [0.15, 0.2) is 0 Å². The van der Waals surface area contributed by atoms with E-state index in [1.165, 1.54) is 0 Å². The molecule has 1 atom stereocenters. The average molecular weight is 306 g/mol. The van der Waals surface area contributed by atoms with Crippen molar-refractivity contribution in [2.24, 2.45) is 0 Å². The summed E-state index contributed by atoms with van der Waals surface area (Å²) in [6.45, 7) is 1.95. The third-order valence-corrected chi connectivity index (χ3v) is 4.38. The Morgan fingerprint density at radius 1 is 1.43 bits per heavy atom. The van der Waals surface area contributed by atoms with Gasteiger partial charge in [-0.1, -0.05) is 19.3 Å². The lowest BCUT2D eigenvalue weighted by atomic mass is 9.79. The number of ether oxygens (including phenoxy) is 1. The standard InChI is InChI=1S/C14H24F2N2O3/c1-18-7-8-21-11(10-18)9-17-12(19)14(15,16)13(20)5-3-2-4-6-13/h11,20H,2-10H2,1H3,(H,17,19). The lowest BCUT2D eigenvalue weighted by Gasteiger charge is -2.38. The smallest absolute Gasteiger partial charge is 0.352 e. The van der Waals surface area contributed by atoms with Crippen molar-refractivity contribution in [2.75, 3.05) is 33.3 Å². The lowest BCUT2D eigenvalue weighted by molar-refractivity contribution is -0.201. The van der Waals surface area contributed by atoms with Gasteiger partial charge in [-0.15, -0.1) is 0 Å². The Morgan fingerprint density at radius 2 is 2.10 bits per heavy atom. The van der Waals surface area contributed by atoms with Gasteiger partial charge in [-0.2, -0.15) is 8.78 Å². The van der Waals surface area contributed by atoms with Crippen LogP contribution in [0.2, 0.25) is 0 Å². The molecule has 0 aromatic heterocycles. The van der Waals surface area contributed by atoms with Crippen LogP contribution in [0.5, 0.6) is 0 Å². The summed E-state index contributed by atoms with van der Waals surface area (Å²) in [6, 6.07) is 0. The molecule has 1 saturated heterocycles. The van der Waals surface area contributed by atoms with E-state index in [1.54, 1.807) is 0 Å². The molecular formula is C14H24F2N2O3. The van der Waals surface area contributed by atoms with Crippen LogP contribution in [0.3, 0.4) is 0 Å². The molecule has 7 heteroatoms. The predicted octanol–water partition coefficient (Wildman–Crippen LogP) is 0.764. The molecule has 2 fully saturated rings. The average Bonchev–Trinajstić information content (AvgIpc) is 2.45. The fourth-order valence-electron chi connectivity index (χ4n) is 2.97. The van der Waals surface area contributed by atoms with Crippen LogP contribution >= 0.6 is 0 Å². The van der Waals surface area contributed by atoms with E-state index in [0.717, 1.165) is 13.0 Å².